The molecule has 3 heterocycles. The maximum absolute atomic E-state index is 6.09. The van der Waals surface area contributed by atoms with Crippen LogP contribution in [0.3, 0.4) is 0 Å². The van der Waals surface area contributed by atoms with E-state index in [9.17, 15) is 0 Å². The highest BCUT2D eigenvalue weighted by atomic mass is 35.5. The fourth-order valence-corrected chi connectivity index (χ4v) is 5.04. The summed E-state index contributed by atoms with van der Waals surface area (Å²) in [5.41, 5.74) is 4.78. The van der Waals surface area contributed by atoms with Gasteiger partial charge in [0, 0.05) is 29.1 Å². The average molecular weight is 438 g/mol. The summed E-state index contributed by atoms with van der Waals surface area (Å²) < 4.78 is 11.0. The van der Waals surface area contributed by atoms with Gasteiger partial charge in [0.25, 0.3) is 0 Å². The maximum Gasteiger partial charge on any atom is 0.161 e. The van der Waals surface area contributed by atoms with Crippen molar-refractivity contribution in [1.82, 2.24) is 9.97 Å². The molecular weight excluding hydrogens is 418 g/mol. The summed E-state index contributed by atoms with van der Waals surface area (Å²) in [4.78, 5) is 12.5. The Hall–Kier alpha value is -2.83. The monoisotopic (exact) mass is 437 g/mol. The lowest BCUT2D eigenvalue weighted by Crippen LogP contribution is -2.31. The molecule has 2 aromatic carbocycles. The van der Waals surface area contributed by atoms with E-state index >= 15 is 0 Å². The summed E-state index contributed by atoms with van der Waals surface area (Å²) in [6.07, 6.45) is 2.57. The molecule has 0 saturated carbocycles. The molecule has 4 aromatic rings. The molecule has 5 rings (SSSR count). The number of methoxy groups -OCH3 is 2. The van der Waals surface area contributed by atoms with E-state index in [1.807, 2.05) is 24.3 Å². The van der Waals surface area contributed by atoms with Gasteiger partial charge in [-0.1, -0.05) is 23.7 Å². The average Bonchev–Trinajstić information content (AvgIpc) is 3.22. The number of nitrogens with zero attached hydrogens (tertiary/aromatic N) is 3. The number of halogens is 1. The van der Waals surface area contributed by atoms with Crippen LogP contribution in [0.5, 0.6) is 11.5 Å². The molecule has 0 unspecified atom stereocenters. The fraction of sp³-hybridized carbons (Fsp3) is 0.217. The zero-order valence-electron chi connectivity index (χ0n) is 16.7. The minimum atomic E-state index is 0.728. The largest absolute Gasteiger partial charge is 0.493 e. The van der Waals surface area contributed by atoms with Gasteiger partial charge < -0.3 is 14.4 Å². The van der Waals surface area contributed by atoms with Crippen molar-refractivity contribution in [1.29, 1.82) is 0 Å². The molecule has 0 bridgehead atoms. The van der Waals surface area contributed by atoms with Crippen LogP contribution in [0.4, 0.5) is 5.82 Å². The van der Waals surface area contributed by atoms with E-state index in [0.717, 1.165) is 63.2 Å². The zero-order valence-corrected chi connectivity index (χ0v) is 18.3. The van der Waals surface area contributed by atoms with Gasteiger partial charge in [0.2, 0.25) is 0 Å². The molecule has 0 amide bonds. The number of rotatable bonds is 4. The molecule has 0 radical (unpaired) electrons. The number of thiophene rings is 1. The third kappa shape index (κ3) is 3.26. The number of ether oxygens (including phenoxy) is 2. The molecule has 0 aliphatic carbocycles. The Kier molecular flexibility index (Phi) is 4.97. The second-order valence-electron chi connectivity index (χ2n) is 7.18. The van der Waals surface area contributed by atoms with Crippen molar-refractivity contribution >= 4 is 39.0 Å². The molecule has 0 saturated heterocycles. The molecule has 5 nitrogen and oxygen atoms in total. The van der Waals surface area contributed by atoms with Gasteiger partial charge in [0.15, 0.2) is 11.5 Å². The Bertz CT molecular complexity index is 1220. The van der Waals surface area contributed by atoms with Crippen molar-refractivity contribution < 1.29 is 9.47 Å². The summed E-state index contributed by atoms with van der Waals surface area (Å²) in [6, 6.07) is 12.1. The molecule has 1 aliphatic rings. The third-order valence-electron chi connectivity index (χ3n) is 5.52. The first kappa shape index (κ1) is 19.2. The van der Waals surface area contributed by atoms with Gasteiger partial charge in [-0.05, 0) is 47.4 Å². The van der Waals surface area contributed by atoms with Crippen molar-refractivity contribution in [3.8, 4) is 22.6 Å². The van der Waals surface area contributed by atoms with Crippen molar-refractivity contribution in [2.75, 3.05) is 25.7 Å². The van der Waals surface area contributed by atoms with Gasteiger partial charge in [-0.2, -0.15) is 0 Å². The molecule has 0 N–H and O–H groups in total. The summed E-state index contributed by atoms with van der Waals surface area (Å²) in [5, 5.41) is 3.97. The van der Waals surface area contributed by atoms with Crippen LogP contribution < -0.4 is 14.4 Å². The Morgan fingerprint density at radius 2 is 1.73 bits per heavy atom. The van der Waals surface area contributed by atoms with Crippen LogP contribution in [0, 0.1) is 0 Å². The SMILES string of the molecule is COc1cc2c(cc1OC)CN(c1ncnc3scc(-c4ccc(Cl)cc4)c13)CC2. The summed E-state index contributed by atoms with van der Waals surface area (Å²) in [5.74, 6) is 2.49. The number of anilines is 1. The molecular formula is C23H20ClN3O2S. The first-order valence-electron chi connectivity index (χ1n) is 9.65. The van der Waals surface area contributed by atoms with Gasteiger partial charge in [-0.15, -0.1) is 11.3 Å². The maximum atomic E-state index is 6.09. The van der Waals surface area contributed by atoms with Crippen LogP contribution in [-0.4, -0.2) is 30.7 Å². The third-order valence-corrected chi connectivity index (χ3v) is 6.66. The Labute approximate surface area is 183 Å². The van der Waals surface area contributed by atoms with Crippen LogP contribution in [0.25, 0.3) is 21.3 Å². The molecule has 2 aromatic heterocycles. The molecule has 0 atom stereocenters. The molecule has 0 spiro atoms. The predicted molar refractivity (Wildman–Crippen MR) is 122 cm³/mol. The van der Waals surface area contributed by atoms with E-state index < -0.39 is 0 Å². The van der Waals surface area contributed by atoms with Crippen LogP contribution in [0.15, 0.2) is 48.1 Å². The standard InChI is InChI=1S/C23H20ClN3O2S/c1-28-19-9-15-7-8-27(11-16(15)10-20(19)29-2)22-21-18(12-30-23(21)26-13-25-22)14-3-5-17(24)6-4-14/h3-6,9-10,12-13H,7-8,11H2,1-2H3. The summed E-state index contributed by atoms with van der Waals surface area (Å²) in [7, 11) is 3.34. The highest BCUT2D eigenvalue weighted by Gasteiger charge is 2.24. The second-order valence-corrected chi connectivity index (χ2v) is 8.48. The summed E-state index contributed by atoms with van der Waals surface area (Å²) in [6.45, 7) is 1.64. The van der Waals surface area contributed by atoms with Crippen molar-refractivity contribution in [2.45, 2.75) is 13.0 Å². The second kappa shape index (κ2) is 7.78. The zero-order chi connectivity index (χ0) is 20.7. The first-order valence-corrected chi connectivity index (χ1v) is 10.9. The van der Waals surface area contributed by atoms with Crippen molar-refractivity contribution in [3.05, 3.63) is 64.3 Å². The molecule has 152 valence electrons. The van der Waals surface area contributed by atoms with Gasteiger partial charge in [0.1, 0.15) is 17.0 Å². The van der Waals surface area contributed by atoms with E-state index in [1.165, 1.54) is 11.1 Å². The normalized spacial score (nSPS) is 13.4. The Balaban J connectivity index is 1.57. The molecule has 7 heteroatoms. The number of fused-ring (bicyclic) bond motifs is 2. The highest BCUT2D eigenvalue weighted by molar-refractivity contribution is 7.17. The van der Waals surface area contributed by atoms with Crippen molar-refractivity contribution in [3.63, 3.8) is 0 Å². The predicted octanol–water partition coefficient (Wildman–Crippen LogP) is 5.59. The lowest BCUT2D eigenvalue weighted by molar-refractivity contribution is 0.353. The minimum absolute atomic E-state index is 0.728. The van der Waals surface area contributed by atoms with Crippen LogP contribution in [-0.2, 0) is 13.0 Å². The topological polar surface area (TPSA) is 47.5 Å². The fourth-order valence-electron chi connectivity index (χ4n) is 4.00. The molecule has 1 aliphatic heterocycles. The number of aromatic nitrogens is 2. The van der Waals surface area contributed by atoms with E-state index in [2.05, 4.69) is 27.4 Å². The van der Waals surface area contributed by atoms with E-state index in [-0.39, 0.29) is 0 Å². The minimum Gasteiger partial charge on any atom is -0.493 e. The lowest BCUT2D eigenvalue weighted by Gasteiger charge is -2.31. The van der Waals surface area contributed by atoms with E-state index in [0.29, 0.717) is 0 Å². The number of hydrogen-bond acceptors (Lipinski definition) is 6. The van der Waals surface area contributed by atoms with Gasteiger partial charge in [-0.25, -0.2) is 9.97 Å². The van der Waals surface area contributed by atoms with E-state index in [1.54, 1.807) is 31.9 Å². The smallest absolute Gasteiger partial charge is 0.161 e. The molecule has 30 heavy (non-hydrogen) atoms. The highest BCUT2D eigenvalue weighted by Crippen LogP contribution is 2.40. The number of benzene rings is 2. The van der Waals surface area contributed by atoms with Gasteiger partial charge in [-0.3, -0.25) is 0 Å². The first-order chi connectivity index (χ1) is 14.7. The lowest BCUT2D eigenvalue weighted by atomic mass is 9.98. The van der Waals surface area contributed by atoms with Gasteiger partial charge >= 0.3 is 0 Å². The summed E-state index contributed by atoms with van der Waals surface area (Å²) >= 11 is 7.73. The van der Waals surface area contributed by atoms with Crippen LogP contribution >= 0.6 is 22.9 Å². The van der Waals surface area contributed by atoms with Crippen molar-refractivity contribution in [2.24, 2.45) is 0 Å². The Morgan fingerprint density at radius 3 is 2.47 bits per heavy atom. The van der Waals surface area contributed by atoms with E-state index in [4.69, 9.17) is 26.1 Å². The quantitative estimate of drug-likeness (QED) is 0.416. The van der Waals surface area contributed by atoms with Crippen LogP contribution in [0.2, 0.25) is 5.02 Å². The van der Waals surface area contributed by atoms with Gasteiger partial charge in [0.05, 0.1) is 19.6 Å². The number of hydrogen-bond donors (Lipinski definition) is 0. The van der Waals surface area contributed by atoms with Crippen LogP contribution in [0.1, 0.15) is 11.1 Å². The Morgan fingerprint density at radius 1 is 1.00 bits per heavy atom. The molecule has 0 fully saturated rings.